The van der Waals surface area contributed by atoms with Gasteiger partial charge >= 0.3 is 0 Å². The summed E-state index contributed by atoms with van der Waals surface area (Å²) in [7, 11) is 0. The quantitative estimate of drug-likeness (QED) is 0.405. The Balaban J connectivity index is 1.93. The van der Waals surface area contributed by atoms with Crippen molar-refractivity contribution in [3.05, 3.63) is 47.1 Å². The molecule has 0 unspecified atom stereocenters. The van der Waals surface area contributed by atoms with E-state index in [-0.39, 0.29) is 18.6 Å². The fourth-order valence-electron chi connectivity index (χ4n) is 2.73. The van der Waals surface area contributed by atoms with Gasteiger partial charge in [0.25, 0.3) is 0 Å². The summed E-state index contributed by atoms with van der Waals surface area (Å²) < 4.78 is 2.42. The molecule has 3 rings (SSSR count). The zero-order valence-corrected chi connectivity index (χ0v) is 15.8. The number of aliphatic hydroxyl groups is 1. The van der Waals surface area contributed by atoms with Crippen molar-refractivity contribution in [2.24, 2.45) is 5.92 Å². The molecule has 0 amide bonds. The number of pyridine rings is 1. The lowest BCUT2D eigenvalue weighted by molar-refractivity contribution is -0.605. The minimum atomic E-state index is -0.151. The van der Waals surface area contributed by atoms with Gasteiger partial charge in [-0.05, 0) is 18.4 Å². The molecular weight excluding hydrogens is 346 g/mol. The minimum Gasteiger partial charge on any atom is -0.619 e. The average molecular weight is 371 g/mol. The summed E-state index contributed by atoms with van der Waals surface area (Å²) >= 11 is 0. The van der Waals surface area contributed by atoms with Crippen molar-refractivity contribution in [2.75, 3.05) is 17.2 Å². The first kappa shape index (κ1) is 18.8. The van der Waals surface area contributed by atoms with E-state index < -0.39 is 0 Å². The van der Waals surface area contributed by atoms with Crippen LogP contribution in [0.1, 0.15) is 31.9 Å². The number of aromatic nitrogens is 5. The van der Waals surface area contributed by atoms with E-state index in [0.717, 1.165) is 22.3 Å². The van der Waals surface area contributed by atoms with Gasteiger partial charge in [-0.2, -0.15) is 24.3 Å². The molecule has 3 aromatic heterocycles. The Morgan fingerprint density at radius 1 is 1.33 bits per heavy atom. The molecule has 3 N–H and O–H groups in total. The standard InChI is InChI=1S/C18H25N7O2/c1-4-14-9-20-25-16(14)22-17(21-15(11-26)12(2)3)23-18(25)19-8-13-6-5-7-24(27)10-13/h5-7,9-10,12,15,26H,4,8,11H2,1-3H3,(H2,19,21,22,23)/t15-/m0/s1. The van der Waals surface area contributed by atoms with Crippen molar-refractivity contribution >= 4 is 17.5 Å². The zero-order chi connectivity index (χ0) is 19.4. The summed E-state index contributed by atoms with van der Waals surface area (Å²) in [6.45, 7) is 6.50. The number of hydrogen-bond donors (Lipinski definition) is 3. The van der Waals surface area contributed by atoms with E-state index in [9.17, 15) is 10.3 Å². The van der Waals surface area contributed by atoms with Crippen LogP contribution >= 0.6 is 0 Å². The van der Waals surface area contributed by atoms with E-state index in [1.807, 2.05) is 26.8 Å². The Kier molecular flexibility index (Phi) is 5.70. The number of fused-ring (bicyclic) bond motifs is 1. The Bertz CT molecular complexity index is 910. The van der Waals surface area contributed by atoms with Gasteiger partial charge < -0.3 is 20.9 Å². The second-order valence-corrected chi connectivity index (χ2v) is 6.73. The summed E-state index contributed by atoms with van der Waals surface area (Å²) in [5.74, 6) is 1.17. The van der Waals surface area contributed by atoms with Crippen molar-refractivity contribution in [3.63, 3.8) is 0 Å². The number of rotatable bonds is 8. The van der Waals surface area contributed by atoms with Gasteiger partial charge in [0.2, 0.25) is 11.9 Å². The molecule has 0 saturated heterocycles. The SMILES string of the molecule is CCc1cnn2c(NCc3ccc[n+]([O-])c3)nc(N[C@@H](CO)C(C)C)nc12. The van der Waals surface area contributed by atoms with Gasteiger partial charge in [0.15, 0.2) is 18.0 Å². The van der Waals surface area contributed by atoms with Crippen LogP contribution in [0.5, 0.6) is 0 Å². The van der Waals surface area contributed by atoms with Gasteiger partial charge in [-0.3, -0.25) is 0 Å². The largest absolute Gasteiger partial charge is 0.619 e. The Morgan fingerprint density at radius 3 is 2.81 bits per heavy atom. The first-order chi connectivity index (χ1) is 13.0. The molecule has 144 valence electrons. The predicted octanol–water partition coefficient (Wildman–Crippen LogP) is 1.36. The van der Waals surface area contributed by atoms with Gasteiger partial charge in [-0.25, -0.2) is 0 Å². The predicted molar refractivity (Wildman–Crippen MR) is 102 cm³/mol. The molecule has 1 atom stereocenters. The fourth-order valence-corrected chi connectivity index (χ4v) is 2.73. The van der Waals surface area contributed by atoms with Crippen LogP contribution < -0.4 is 15.4 Å². The average Bonchev–Trinajstić information content (AvgIpc) is 3.07. The Hall–Kier alpha value is -2.94. The molecule has 0 fully saturated rings. The highest BCUT2D eigenvalue weighted by Gasteiger charge is 2.17. The third kappa shape index (κ3) is 4.25. The molecular formula is C18H25N7O2. The van der Waals surface area contributed by atoms with E-state index in [1.165, 1.54) is 12.4 Å². The van der Waals surface area contributed by atoms with Gasteiger partial charge in [-0.15, -0.1) is 0 Å². The highest BCUT2D eigenvalue weighted by molar-refractivity contribution is 5.54. The lowest BCUT2D eigenvalue weighted by Gasteiger charge is -2.20. The number of aryl methyl sites for hydroxylation is 1. The molecule has 9 nitrogen and oxygen atoms in total. The molecule has 0 saturated carbocycles. The van der Waals surface area contributed by atoms with Crippen LogP contribution in [-0.4, -0.2) is 37.3 Å². The first-order valence-electron chi connectivity index (χ1n) is 9.05. The summed E-state index contributed by atoms with van der Waals surface area (Å²) in [5, 5.41) is 31.8. The smallest absolute Gasteiger partial charge is 0.229 e. The normalized spacial score (nSPS) is 12.5. The van der Waals surface area contributed by atoms with Crippen LogP contribution in [0.3, 0.4) is 0 Å². The number of hydrogen-bond acceptors (Lipinski definition) is 7. The molecule has 27 heavy (non-hydrogen) atoms. The van der Waals surface area contributed by atoms with E-state index in [2.05, 4.69) is 25.7 Å². The number of aliphatic hydroxyl groups excluding tert-OH is 1. The highest BCUT2D eigenvalue weighted by atomic mass is 16.5. The maximum atomic E-state index is 11.4. The molecule has 3 aromatic rings. The summed E-state index contributed by atoms with van der Waals surface area (Å²) in [6, 6.07) is 3.41. The van der Waals surface area contributed by atoms with Crippen LogP contribution in [0, 0.1) is 11.1 Å². The maximum absolute atomic E-state index is 11.4. The Morgan fingerprint density at radius 2 is 2.15 bits per heavy atom. The third-order valence-electron chi connectivity index (χ3n) is 4.42. The first-order valence-corrected chi connectivity index (χ1v) is 9.05. The van der Waals surface area contributed by atoms with Gasteiger partial charge in [-0.1, -0.05) is 20.8 Å². The van der Waals surface area contributed by atoms with Crippen LogP contribution in [0.25, 0.3) is 5.65 Å². The molecule has 0 spiro atoms. The summed E-state index contributed by atoms with van der Waals surface area (Å²) in [5.41, 5.74) is 2.54. The Labute approximate surface area is 157 Å². The maximum Gasteiger partial charge on any atom is 0.229 e. The lowest BCUT2D eigenvalue weighted by atomic mass is 10.1. The van der Waals surface area contributed by atoms with Crippen LogP contribution in [0.15, 0.2) is 30.7 Å². The highest BCUT2D eigenvalue weighted by Crippen LogP contribution is 2.18. The van der Waals surface area contributed by atoms with Crippen LogP contribution in [-0.2, 0) is 13.0 Å². The fraction of sp³-hybridized carbons (Fsp3) is 0.444. The van der Waals surface area contributed by atoms with E-state index in [0.29, 0.717) is 24.1 Å². The molecule has 9 heteroatoms. The third-order valence-corrected chi connectivity index (χ3v) is 4.42. The molecule has 0 aliphatic rings. The molecule has 0 aromatic carbocycles. The van der Waals surface area contributed by atoms with Crippen molar-refractivity contribution in [1.82, 2.24) is 19.6 Å². The van der Waals surface area contributed by atoms with E-state index in [4.69, 9.17) is 0 Å². The van der Waals surface area contributed by atoms with Gasteiger partial charge in [0.1, 0.15) is 0 Å². The molecule has 0 radical (unpaired) electrons. The topological polar surface area (TPSA) is 114 Å². The monoisotopic (exact) mass is 371 g/mol. The molecule has 0 aliphatic carbocycles. The zero-order valence-electron chi connectivity index (χ0n) is 15.8. The number of nitrogens with one attached hydrogen (secondary N) is 2. The minimum absolute atomic E-state index is 0.0115. The van der Waals surface area contributed by atoms with Crippen molar-refractivity contribution in [1.29, 1.82) is 0 Å². The second kappa shape index (κ2) is 8.17. The van der Waals surface area contributed by atoms with E-state index in [1.54, 1.807) is 16.8 Å². The molecule has 0 bridgehead atoms. The molecule has 3 heterocycles. The summed E-state index contributed by atoms with van der Waals surface area (Å²) in [6.07, 6.45) is 5.52. The van der Waals surface area contributed by atoms with Gasteiger partial charge in [0, 0.05) is 23.7 Å². The van der Waals surface area contributed by atoms with Gasteiger partial charge in [0.05, 0.1) is 18.8 Å². The van der Waals surface area contributed by atoms with E-state index >= 15 is 0 Å². The van der Waals surface area contributed by atoms with Crippen molar-refractivity contribution in [3.8, 4) is 0 Å². The van der Waals surface area contributed by atoms with Crippen LogP contribution in [0.2, 0.25) is 0 Å². The number of nitrogens with zero attached hydrogens (tertiary/aromatic N) is 5. The van der Waals surface area contributed by atoms with Crippen molar-refractivity contribution in [2.45, 2.75) is 39.8 Å². The molecule has 0 aliphatic heterocycles. The number of anilines is 2. The lowest BCUT2D eigenvalue weighted by Crippen LogP contribution is -2.30. The van der Waals surface area contributed by atoms with Crippen LogP contribution in [0.4, 0.5) is 11.9 Å². The second-order valence-electron chi connectivity index (χ2n) is 6.73. The summed E-state index contributed by atoms with van der Waals surface area (Å²) in [4.78, 5) is 9.11. The van der Waals surface area contributed by atoms with Crippen molar-refractivity contribution < 1.29 is 9.84 Å².